The highest BCUT2D eigenvalue weighted by Crippen LogP contribution is 2.65. The Morgan fingerprint density at radius 1 is 0.694 bits per heavy atom. The number of anilines is 2. The summed E-state index contributed by atoms with van der Waals surface area (Å²) in [5.41, 5.74) is -4.10. The Morgan fingerprint density at radius 3 is 1.98 bits per heavy atom. The van der Waals surface area contributed by atoms with Crippen molar-refractivity contribution in [3.8, 4) is 11.5 Å². The maximum Gasteiger partial charge on any atom is 0.416 e. The van der Waals surface area contributed by atoms with Gasteiger partial charge in [-0.2, -0.15) is 26.3 Å². The maximum atomic E-state index is 15.5. The largest absolute Gasteiger partial charge is 0.508 e. The number of phenols is 1. The van der Waals surface area contributed by atoms with Gasteiger partial charge >= 0.3 is 12.4 Å². The number of allylic oxidation sites excluding steroid dienone is 2. The van der Waals surface area contributed by atoms with Gasteiger partial charge in [0, 0.05) is 22.6 Å². The van der Waals surface area contributed by atoms with Gasteiger partial charge in [0.25, 0.3) is 0 Å². The number of phenolic OH excluding ortho intramolecular Hbond substituents is 1. The van der Waals surface area contributed by atoms with Crippen molar-refractivity contribution in [3.05, 3.63) is 166 Å². The minimum Gasteiger partial charge on any atom is -0.508 e. The third-order valence-corrected chi connectivity index (χ3v) is 12.8. The summed E-state index contributed by atoms with van der Waals surface area (Å²) in [7, 11) is 0. The van der Waals surface area contributed by atoms with Gasteiger partial charge in [0.1, 0.15) is 18.1 Å². The molecule has 4 aliphatic rings. The lowest BCUT2D eigenvalue weighted by Crippen LogP contribution is -2.53. The van der Waals surface area contributed by atoms with Crippen LogP contribution < -0.4 is 14.5 Å². The van der Waals surface area contributed by atoms with Crippen LogP contribution in [0.5, 0.6) is 11.5 Å². The number of halogens is 7. The molecule has 0 spiro atoms. The van der Waals surface area contributed by atoms with E-state index in [0.717, 1.165) is 10.5 Å². The number of benzene rings is 5. The highest BCUT2D eigenvalue weighted by atomic mass is 35.5. The first-order valence-electron chi connectivity index (χ1n) is 19.6. The molecule has 4 amide bonds. The SMILES string of the molecule is O=C1C2CC=C3C(CC4C(=O)N(c5cccc(Cl)c5)C(=O)C4(c4ccccc4)C3c3ccc(OCc4ccccc4)cc3O)C2C(=O)N1c1cc(C(F)(F)F)cc(C(F)(F)F)c1. The molecule has 5 aromatic rings. The van der Waals surface area contributed by atoms with Crippen molar-refractivity contribution in [2.75, 3.05) is 9.80 Å². The number of hydrogen-bond donors (Lipinski definition) is 1. The van der Waals surface area contributed by atoms with Gasteiger partial charge < -0.3 is 9.84 Å². The van der Waals surface area contributed by atoms with Crippen LogP contribution in [0.25, 0.3) is 0 Å². The number of imide groups is 2. The van der Waals surface area contributed by atoms with E-state index < -0.39 is 87.8 Å². The highest BCUT2D eigenvalue weighted by Gasteiger charge is 2.70. The lowest BCUT2D eigenvalue weighted by atomic mass is 9.49. The molecular weight excluding hydrogens is 838 g/mol. The molecule has 2 heterocycles. The number of fused-ring (bicyclic) bond motifs is 4. The molecule has 0 bridgehead atoms. The van der Waals surface area contributed by atoms with Gasteiger partial charge in [-0.1, -0.05) is 96.0 Å². The number of nitrogens with zero attached hydrogens (tertiary/aromatic N) is 2. The van der Waals surface area contributed by atoms with Gasteiger partial charge in [-0.05, 0) is 72.4 Å². The molecule has 316 valence electrons. The van der Waals surface area contributed by atoms with Crippen molar-refractivity contribution in [1.29, 1.82) is 0 Å². The van der Waals surface area contributed by atoms with Gasteiger partial charge in [-0.25, -0.2) is 9.80 Å². The molecular formula is C47H33ClF6N2O6. The highest BCUT2D eigenvalue weighted by molar-refractivity contribution is 6.32. The number of carbonyl (C=O) groups excluding carboxylic acids is 4. The van der Waals surface area contributed by atoms with E-state index in [9.17, 15) is 41.0 Å². The average molecular weight is 871 g/mol. The Bertz CT molecular complexity index is 2660. The molecule has 2 saturated heterocycles. The van der Waals surface area contributed by atoms with Crippen LogP contribution in [0.1, 0.15) is 46.6 Å². The smallest absolute Gasteiger partial charge is 0.416 e. The van der Waals surface area contributed by atoms with Gasteiger partial charge in [0.15, 0.2) is 0 Å². The molecule has 2 aliphatic heterocycles. The van der Waals surface area contributed by atoms with E-state index in [1.165, 1.54) is 18.2 Å². The summed E-state index contributed by atoms with van der Waals surface area (Å²) >= 11 is 6.37. The van der Waals surface area contributed by atoms with Crippen LogP contribution in [-0.2, 0) is 43.6 Å². The second kappa shape index (κ2) is 14.9. The molecule has 1 saturated carbocycles. The Morgan fingerprint density at radius 2 is 1.35 bits per heavy atom. The third kappa shape index (κ3) is 6.54. The molecule has 9 rings (SSSR count). The van der Waals surface area contributed by atoms with E-state index in [4.69, 9.17) is 16.3 Å². The molecule has 0 aromatic heterocycles. The summed E-state index contributed by atoms with van der Waals surface area (Å²) in [6.07, 6.45) is -9.27. The molecule has 0 radical (unpaired) electrons. The maximum absolute atomic E-state index is 15.5. The van der Waals surface area contributed by atoms with Crippen molar-refractivity contribution in [1.82, 2.24) is 0 Å². The van der Waals surface area contributed by atoms with Crippen LogP contribution >= 0.6 is 11.6 Å². The number of aromatic hydroxyl groups is 1. The molecule has 5 aromatic carbocycles. The van der Waals surface area contributed by atoms with Crippen molar-refractivity contribution < 1.29 is 55.4 Å². The van der Waals surface area contributed by atoms with E-state index in [1.807, 2.05) is 30.3 Å². The van der Waals surface area contributed by atoms with Crippen LogP contribution in [0.4, 0.5) is 37.7 Å². The zero-order chi connectivity index (χ0) is 43.9. The number of ether oxygens (including phenoxy) is 1. The molecule has 6 unspecified atom stereocenters. The second-order valence-corrected chi connectivity index (χ2v) is 16.3. The van der Waals surface area contributed by atoms with Gasteiger partial charge in [-0.15, -0.1) is 0 Å². The van der Waals surface area contributed by atoms with Crippen LogP contribution in [0.2, 0.25) is 5.02 Å². The van der Waals surface area contributed by atoms with Crippen molar-refractivity contribution in [2.45, 2.75) is 43.1 Å². The van der Waals surface area contributed by atoms with Crippen LogP contribution in [0, 0.1) is 23.7 Å². The van der Waals surface area contributed by atoms with Crippen molar-refractivity contribution in [3.63, 3.8) is 0 Å². The zero-order valence-electron chi connectivity index (χ0n) is 32.2. The number of alkyl halides is 6. The van der Waals surface area contributed by atoms with E-state index in [0.29, 0.717) is 28.2 Å². The molecule has 1 N–H and O–H groups in total. The first kappa shape index (κ1) is 41.0. The van der Waals surface area contributed by atoms with Gasteiger partial charge in [0.2, 0.25) is 23.6 Å². The van der Waals surface area contributed by atoms with E-state index in [-0.39, 0.29) is 53.3 Å². The van der Waals surface area contributed by atoms with Crippen LogP contribution in [-0.4, -0.2) is 28.7 Å². The summed E-state index contributed by atoms with van der Waals surface area (Å²) in [6, 6.07) is 28.9. The lowest BCUT2D eigenvalue weighted by molar-refractivity contribution is -0.143. The molecule has 2 aliphatic carbocycles. The summed E-state index contributed by atoms with van der Waals surface area (Å²) in [5.74, 6) is -9.53. The normalized spacial score (nSPS) is 24.8. The average Bonchev–Trinajstić information content (AvgIpc) is 3.63. The number of hydrogen-bond acceptors (Lipinski definition) is 6. The Labute approximate surface area is 355 Å². The zero-order valence-corrected chi connectivity index (χ0v) is 32.9. The van der Waals surface area contributed by atoms with Crippen molar-refractivity contribution >= 4 is 46.6 Å². The molecule has 8 nitrogen and oxygen atoms in total. The number of carbonyl (C=O) groups is 4. The predicted octanol–water partition coefficient (Wildman–Crippen LogP) is 10.0. The van der Waals surface area contributed by atoms with E-state index in [1.54, 1.807) is 60.7 Å². The first-order valence-corrected chi connectivity index (χ1v) is 19.9. The quantitative estimate of drug-likeness (QED) is 0.0993. The van der Waals surface area contributed by atoms with E-state index in [2.05, 4.69) is 0 Å². The Kier molecular flexibility index (Phi) is 9.84. The Hall–Kier alpha value is -6.41. The van der Waals surface area contributed by atoms with E-state index >= 15 is 9.59 Å². The van der Waals surface area contributed by atoms with Crippen molar-refractivity contribution in [2.24, 2.45) is 23.7 Å². The molecule has 62 heavy (non-hydrogen) atoms. The van der Waals surface area contributed by atoms with Crippen LogP contribution in [0.15, 0.2) is 133 Å². The Balaban J connectivity index is 1.21. The van der Waals surface area contributed by atoms with Gasteiger partial charge in [0.05, 0.1) is 45.7 Å². The lowest BCUT2D eigenvalue weighted by Gasteiger charge is -2.50. The fourth-order valence-corrected chi connectivity index (χ4v) is 10.2. The fourth-order valence-electron chi connectivity index (χ4n) is 10.0. The minimum atomic E-state index is -5.25. The van der Waals surface area contributed by atoms with Crippen LogP contribution in [0.3, 0.4) is 0 Å². The summed E-state index contributed by atoms with van der Waals surface area (Å²) in [5, 5.41) is 12.2. The summed E-state index contributed by atoms with van der Waals surface area (Å²) in [6.45, 7) is 0.153. The number of rotatable bonds is 7. The third-order valence-electron chi connectivity index (χ3n) is 12.6. The fraction of sp³-hybridized carbons (Fsp3) is 0.234. The minimum absolute atomic E-state index is 0.0883. The van der Waals surface area contributed by atoms with Gasteiger partial charge in [-0.3, -0.25) is 19.2 Å². The molecule has 3 fully saturated rings. The monoisotopic (exact) mass is 870 g/mol. The summed E-state index contributed by atoms with van der Waals surface area (Å²) < 4.78 is 90.0. The number of amides is 4. The topological polar surface area (TPSA) is 104 Å². The second-order valence-electron chi connectivity index (χ2n) is 15.9. The first-order chi connectivity index (χ1) is 29.5. The summed E-state index contributed by atoms with van der Waals surface area (Å²) in [4.78, 5) is 60.7. The predicted molar refractivity (Wildman–Crippen MR) is 214 cm³/mol. The molecule has 15 heteroatoms. The molecule has 6 atom stereocenters. The standard InChI is InChI=1S/C47H33ClF6N2O6/c48-29-12-7-13-30(21-29)56-42(59)37-23-36-33(16-17-35-39(36)43(60)55(41(35)58)31-19-27(46(49,50)51)18-28(20-31)47(52,53)54)40(45(37,44(56)61)26-10-5-2-6-11-26)34-15-14-32(22-38(34)57)62-24-25-8-3-1-4-9-25/h1-16,18-22,35-37,39-40,57H,17,23-24H2.